The third-order valence-corrected chi connectivity index (χ3v) is 3.79. The van der Waals surface area contributed by atoms with E-state index in [1.54, 1.807) is 50.4 Å². The van der Waals surface area contributed by atoms with E-state index in [9.17, 15) is 14.0 Å². The largest absolute Gasteiger partial charge is 0.423 e. The first kappa shape index (κ1) is 20.2. The molecule has 6 heteroatoms. The Morgan fingerprint density at radius 2 is 1.67 bits per heavy atom. The van der Waals surface area contributed by atoms with Crippen LogP contribution in [0.15, 0.2) is 54.6 Å². The maximum Gasteiger partial charge on any atom is 0.336 e. The third-order valence-electron chi connectivity index (χ3n) is 3.79. The van der Waals surface area contributed by atoms with Crippen molar-refractivity contribution in [2.24, 2.45) is 0 Å². The molecule has 0 aliphatic heterocycles. The number of halogens is 1. The lowest BCUT2D eigenvalue weighted by molar-refractivity contribution is -0.128. The van der Waals surface area contributed by atoms with Crippen molar-refractivity contribution in [3.05, 3.63) is 66.0 Å². The SMILES string of the molecule is C/C(=C/C(=O)Oc1ccc(N(C)C(=O)NC(C)C)cc1)c1ccc(F)cc1. The number of carbonyl (C=O) groups excluding carboxylic acids is 2. The van der Waals surface area contributed by atoms with Gasteiger partial charge in [-0.1, -0.05) is 12.1 Å². The van der Waals surface area contributed by atoms with Crippen LogP contribution in [0.2, 0.25) is 0 Å². The molecule has 2 aromatic carbocycles. The van der Waals surface area contributed by atoms with Crippen LogP contribution in [0.3, 0.4) is 0 Å². The van der Waals surface area contributed by atoms with Crippen molar-refractivity contribution >= 4 is 23.3 Å². The minimum atomic E-state index is -0.532. The molecule has 5 nitrogen and oxygen atoms in total. The third kappa shape index (κ3) is 5.95. The normalized spacial score (nSPS) is 11.3. The van der Waals surface area contributed by atoms with Gasteiger partial charge in [-0.05, 0) is 68.3 Å². The number of carbonyl (C=O) groups is 2. The van der Waals surface area contributed by atoms with Gasteiger partial charge in [0.2, 0.25) is 0 Å². The van der Waals surface area contributed by atoms with Gasteiger partial charge < -0.3 is 10.1 Å². The van der Waals surface area contributed by atoms with Gasteiger partial charge in [0.25, 0.3) is 0 Å². The topological polar surface area (TPSA) is 58.6 Å². The van der Waals surface area contributed by atoms with Crippen molar-refractivity contribution in [3.8, 4) is 5.75 Å². The maximum atomic E-state index is 13.0. The van der Waals surface area contributed by atoms with Crippen molar-refractivity contribution in [3.63, 3.8) is 0 Å². The van der Waals surface area contributed by atoms with Crippen molar-refractivity contribution in [1.82, 2.24) is 5.32 Å². The predicted molar refractivity (Wildman–Crippen MR) is 104 cm³/mol. The van der Waals surface area contributed by atoms with Gasteiger partial charge in [-0.15, -0.1) is 0 Å². The van der Waals surface area contributed by atoms with Crippen LogP contribution in [0.1, 0.15) is 26.3 Å². The lowest BCUT2D eigenvalue weighted by Gasteiger charge is -2.19. The fourth-order valence-electron chi connectivity index (χ4n) is 2.32. The fourth-order valence-corrected chi connectivity index (χ4v) is 2.32. The second-order valence-electron chi connectivity index (χ2n) is 6.41. The molecule has 0 spiro atoms. The second-order valence-corrected chi connectivity index (χ2v) is 6.41. The monoisotopic (exact) mass is 370 g/mol. The molecule has 142 valence electrons. The van der Waals surface area contributed by atoms with Gasteiger partial charge in [0.05, 0.1) is 0 Å². The molecule has 0 saturated heterocycles. The molecule has 0 aromatic heterocycles. The summed E-state index contributed by atoms with van der Waals surface area (Å²) in [5.74, 6) is -0.499. The second kappa shape index (κ2) is 8.98. The average molecular weight is 370 g/mol. The predicted octanol–water partition coefficient (Wildman–Crippen LogP) is 4.39. The summed E-state index contributed by atoms with van der Waals surface area (Å²) in [6, 6.07) is 12.3. The molecule has 0 atom stereocenters. The number of nitrogens with one attached hydrogen (secondary N) is 1. The number of allylic oxidation sites excluding steroid dienone is 1. The number of ether oxygens (including phenoxy) is 1. The first-order valence-corrected chi connectivity index (χ1v) is 8.56. The summed E-state index contributed by atoms with van der Waals surface area (Å²) >= 11 is 0. The van der Waals surface area contributed by atoms with Gasteiger partial charge in [-0.2, -0.15) is 0 Å². The lowest BCUT2D eigenvalue weighted by Crippen LogP contribution is -2.40. The zero-order valence-corrected chi connectivity index (χ0v) is 15.8. The Morgan fingerprint density at radius 1 is 1.07 bits per heavy atom. The minimum absolute atomic E-state index is 0.0383. The number of hydrogen-bond donors (Lipinski definition) is 1. The molecule has 0 bridgehead atoms. The molecule has 1 N–H and O–H groups in total. The summed E-state index contributed by atoms with van der Waals surface area (Å²) in [6.45, 7) is 5.52. The average Bonchev–Trinajstić information content (AvgIpc) is 2.61. The molecule has 0 heterocycles. The summed E-state index contributed by atoms with van der Waals surface area (Å²) in [6.07, 6.45) is 1.35. The smallest absolute Gasteiger partial charge is 0.336 e. The van der Waals surface area contributed by atoms with Crippen molar-refractivity contribution < 1.29 is 18.7 Å². The minimum Gasteiger partial charge on any atom is -0.423 e. The standard InChI is InChI=1S/C21H23FN2O3/c1-14(2)23-21(26)24(4)18-9-11-19(12-10-18)27-20(25)13-15(3)16-5-7-17(22)8-6-16/h5-14H,1-4H3,(H,23,26)/b15-13-. The van der Waals surface area contributed by atoms with E-state index in [1.807, 2.05) is 13.8 Å². The van der Waals surface area contributed by atoms with E-state index in [0.29, 0.717) is 17.0 Å². The molecular formula is C21H23FN2O3. The first-order valence-electron chi connectivity index (χ1n) is 8.56. The van der Waals surface area contributed by atoms with Gasteiger partial charge in [0.1, 0.15) is 11.6 Å². The Bertz CT molecular complexity index is 828. The maximum absolute atomic E-state index is 13.0. The van der Waals surface area contributed by atoms with Crippen molar-refractivity contribution in [1.29, 1.82) is 0 Å². The number of anilines is 1. The lowest BCUT2D eigenvalue weighted by atomic mass is 10.1. The number of urea groups is 1. The molecule has 27 heavy (non-hydrogen) atoms. The summed E-state index contributed by atoms with van der Waals surface area (Å²) in [4.78, 5) is 25.5. The van der Waals surface area contributed by atoms with E-state index in [2.05, 4.69) is 5.32 Å². The van der Waals surface area contributed by atoms with Gasteiger partial charge in [0.15, 0.2) is 0 Å². The summed E-state index contributed by atoms with van der Waals surface area (Å²) in [5.41, 5.74) is 2.08. The first-order chi connectivity index (χ1) is 12.8. The van der Waals surface area contributed by atoms with Crippen molar-refractivity contribution in [2.45, 2.75) is 26.8 Å². The molecule has 0 unspecified atom stereocenters. The molecule has 0 fully saturated rings. The van der Waals surface area contributed by atoms with E-state index in [0.717, 1.165) is 5.56 Å². The highest BCUT2D eigenvalue weighted by Crippen LogP contribution is 2.20. The Hall–Kier alpha value is -3.15. The summed E-state index contributed by atoms with van der Waals surface area (Å²) in [7, 11) is 1.66. The molecule has 2 rings (SSSR count). The summed E-state index contributed by atoms with van der Waals surface area (Å²) < 4.78 is 18.2. The van der Waals surface area contributed by atoms with Crippen LogP contribution in [0.5, 0.6) is 5.75 Å². The molecule has 0 radical (unpaired) electrons. The van der Waals surface area contributed by atoms with Crippen LogP contribution in [0, 0.1) is 5.82 Å². The number of nitrogens with zero attached hydrogens (tertiary/aromatic N) is 1. The van der Waals surface area contributed by atoms with Gasteiger partial charge in [-0.25, -0.2) is 14.0 Å². The van der Waals surface area contributed by atoms with Crippen LogP contribution < -0.4 is 15.0 Å². The van der Waals surface area contributed by atoms with Crippen LogP contribution in [0.4, 0.5) is 14.9 Å². The van der Waals surface area contributed by atoms with Gasteiger partial charge in [-0.3, -0.25) is 4.90 Å². The van der Waals surface area contributed by atoms with Crippen LogP contribution in [0.25, 0.3) is 5.57 Å². The molecule has 0 aliphatic rings. The highest BCUT2D eigenvalue weighted by molar-refractivity contribution is 5.93. The van der Waals surface area contributed by atoms with E-state index in [1.165, 1.54) is 23.1 Å². The zero-order chi connectivity index (χ0) is 20.0. The van der Waals surface area contributed by atoms with E-state index >= 15 is 0 Å². The van der Waals surface area contributed by atoms with Crippen LogP contribution >= 0.6 is 0 Å². The highest BCUT2D eigenvalue weighted by Gasteiger charge is 2.12. The van der Waals surface area contributed by atoms with Crippen molar-refractivity contribution in [2.75, 3.05) is 11.9 Å². The van der Waals surface area contributed by atoms with Gasteiger partial charge in [0, 0.05) is 24.9 Å². The van der Waals surface area contributed by atoms with Gasteiger partial charge >= 0.3 is 12.0 Å². The molecule has 2 aromatic rings. The number of benzene rings is 2. The van der Waals surface area contributed by atoms with E-state index in [4.69, 9.17) is 4.74 Å². The molecule has 2 amide bonds. The number of hydrogen-bond acceptors (Lipinski definition) is 3. The quantitative estimate of drug-likeness (QED) is 0.482. The van der Waals surface area contributed by atoms with Crippen LogP contribution in [-0.2, 0) is 4.79 Å². The van der Waals surface area contributed by atoms with E-state index < -0.39 is 5.97 Å². The zero-order valence-electron chi connectivity index (χ0n) is 15.8. The highest BCUT2D eigenvalue weighted by atomic mass is 19.1. The summed E-state index contributed by atoms with van der Waals surface area (Å²) in [5, 5.41) is 2.80. The Kier molecular flexibility index (Phi) is 6.71. The van der Waals surface area contributed by atoms with E-state index in [-0.39, 0.29) is 17.9 Å². The molecular weight excluding hydrogens is 347 g/mol. The number of esters is 1. The number of rotatable bonds is 5. The molecule has 0 aliphatic carbocycles. The number of amides is 2. The molecule has 0 saturated carbocycles. The van der Waals surface area contributed by atoms with Crippen LogP contribution in [-0.4, -0.2) is 25.1 Å². The Balaban J connectivity index is 2.01. The Labute approximate surface area is 158 Å². The Morgan fingerprint density at radius 3 is 2.22 bits per heavy atom. The fraction of sp³-hybridized carbons (Fsp3) is 0.238.